The van der Waals surface area contributed by atoms with E-state index in [0.29, 0.717) is 38.5 Å². The Kier molecular flexibility index (Phi) is 9.42. The van der Waals surface area contributed by atoms with Gasteiger partial charge in [0, 0.05) is 5.69 Å². The number of hydrogen-bond acceptors (Lipinski definition) is 8. The molecule has 4 amide bonds. The third-order valence-electron chi connectivity index (χ3n) is 5.87. The lowest BCUT2D eigenvalue weighted by Gasteiger charge is -2.05. The van der Waals surface area contributed by atoms with Crippen molar-refractivity contribution < 1.29 is 27.8 Å². The first-order chi connectivity index (χ1) is 21.3. The monoisotopic (exact) mass is 634 g/mol. The van der Waals surface area contributed by atoms with Crippen LogP contribution in [-0.4, -0.2) is 36.2 Å². The molecule has 10 nitrogen and oxygen atoms in total. The van der Waals surface area contributed by atoms with Crippen LogP contribution in [0, 0.1) is 11.6 Å². The molecule has 0 radical (unpaired) electrons. The van der Waals surface area contributed by atoms with Gasteiger partial charge in [0.25, 0.3) is 0 Å². The first-order valence-corrected chi connectivity index (χ1v) is 14.5. The van der Waals surface area contributed by atoms with Crippen molar-refractivity contribution in [2.24, 2.45) is 0 Å². The molecule has 0 aliphatic rings. The summed E-state index contributed by atoms with van der Waals surface area (Å²) >= 11 is 2.66. The van der Waals surface area contributed by atoms with Crippen molar-refractivity contribution >= 4 is 76.8 Å². The number of methoxy groups -OCH3 is 2. The SMILES string of the molecule is COc1cccc2sc(NC(=O)Nc3ccc(F)cc3)nc12.COc1cccc2sc(NC(=O)Nc3ccccc3F)nc12. The van der Waals surface area contributed by atoms with Crippen LogP contribution in [0.1, 0.15) is 0 Å². The van der Waals surface area contributed by atoms with Crippen LogP contribution >= 0.6 is 22.7 Å². The lowest BCUT2D eigenvalue weighted by molar-refractivity contribution is 0.261. The first kappa shape index (κ1) is 30.1. The molecular formula is C30H24F2N6O4S2. The number of amides is 4. The van der Waals surface area contributed by atoms with Gasteiger partial charge >= 0.3 is 12.1 Å². The quantitative estimate of drug-likeness (QED) is 0.146. The summed E-state index contributed by atoms with van der Waals surface area (Å²) in [5.74, 6) is 0.435. The van der Waals surface area contributed by atoms with E-state index in [1.54, 1.807) is 32.4 Å². The zero-order valence-corrected chi connectivity index (χ0v) is 24.8. The predicted molar refractivity (Wildman–Crippen MR) is 170 cm³/mol. The summed E-state index contributed by atoms with van der Waals surface area (Å²) in [7, 11) is 3.13. The maximum Gasteiger partial charge on any atom is 0.325 e. The fraction of sp³-hybridized carbons (Fsp3) is 0.0667. The van der Waals surface area contributed by atoms with Crippen molar-refractivity contribution in [1.82, 2.24) is 9.97 Å². The summed E-state index contributed by atoms with van der Waals surface area (Å²) in [4.78, 5) is 32.5. The molecule has 0 aliphatic heterocycles. The highest BCUT2D eigenvalue weighted by molar-refractivity contribution is 7.22. The van der Waals surface area contributed by atoms with E-state index in [2.05, 4.69) is 31.2 Å². The molecule has 44 heavy (non-hydrogen) atoms. The number of hydrogen-bond donors (Lipinski definition) is 4. The summed E-state index contributed by atoms with van der Waals surface area (Å²) in [6, 6.07) is 21.6. The zero-order valence-electron chi connectivity index (χ0n) is 23.2. The third kappa shape index (κ3) is 7.35. The standard InChI is InChI=1S/2C15H12FN3O2S/c1-21-11-7-4-8-12-13(11)18-15(22-12)19-14(20)17-10-6-3-2-5-9(10)16;1-21-11-3-2-4-12-13(11)18-15(22-12)19-14(20)17-10-7-5-9(16)6-8-10/h2*2-8H,1H3,(H2,17,18,19,20). The largest absolute Gasteiger partial charge is 0.494 e. The molecule has 2 heterocycles. The van der Waals surface area contributed by atoms with Crippen molar-refractivity contribution in [3.63, 3.8) is 0 Å². The number of anilines is 4. The van der Waals surface area contributed by atoms with Crippen LogP contribution in [0.2, 0.25) is 0 Å². The highest BCUT2D eigenvalue weighted by Crippen LogP contribution is 2.33. The minimum absolute atomic E-state index is 0.110. The fourth-order valence-electron chi connectivity index (χ4n) is 3.89. The lowest BCUT2D eigenvalue weighted by Crippen LogP contribution is -2.19. The Balaban J connectivity index is 0.000000175. The number of nitrogens with one attached hydrogen (secondary N) is 4. The van der Waals surface area contributed by atoms with E-state index < -0.39 is 17.9 Å². The molecule has 0 fully saturated rings. The summed E-state index contributed by atoms with van der Waals surface area (Å²) in [6.07, 6.45) is 0. The molecular weight excluding hydrogens is 610 g/mol. The summed E-state index contributed by atoms with van der Waals surface area (Å²) in [6.45, 7) is 0. The molecule has 0 saturated heterocycles. The number of aromatic nitrogens is 2. The lowest BCUT2D eigenvalue weighted by atomic mass is 10.3. The van der Waals surface area contributed by atoms with E-state index >= 15 is 0 Å². The molecule has 4 N–H and O–H groups in total. The molecule has 0 aliphatic carbocycles. The zero-order chi connectivity index (χ0) is 31.1. The number of carbonyl (C=O) groups excluding carboxylic acids is 2. The molecule has 0 unspecified atom stereocenters. The van der Waals surface area contributed by atoms with Crippen LogP contribution in [0.3, 0.4) is 0 Å². The summed E-state index contributed by atoms with van der Waals surface area (Å²) < 4.78 is 38.6. The number of carbonyl (C=O) groups is 2. The van der Waals surface area contributed by atoms with E-state index in [0.717, 1.165) is 9.40 Å². The second-order valence-corrected chi connectivity index (χ2v) is 10.9. The molecule has 224 valence electrons. The van der Waals surface area contributed by atoms with Gasteiger partial charge in [-0.3, -0.25) is 10.6 Å². The van der Waals surface area contributed by atoms with Gasteiger partial charge in [0.15, 0.2) is 10.3 Å². The number of halogens is 2. The minimum Gasteiger partial charge on any atom is -0.494 e. The number of urea groups is 2. The maximum absolute atomic E-state index is 13.5. The number of thiazole rings is 2. The van der Waals surface area contributed by atoms with Crippen molar-refractivity contribution in [3.8, 4) is 11.5 Å². The fourth-order valence-corrected chi connectivity index (χ4v) is 5.65. The van der Waals surface area contributed by atoms with Crippen LogP contribution in [0.25, 0.3) is 20.4 Å². The maximum atomic E-state index is 13.5. The highest BCUT2D eigenvalue weighted by Gasteiger charge is 2.13. The molecule has 0 bridgehead atoms. The van der Waals surface area contributed by atoms with Crippen LogP contribution in [0.15, 0.2) is 84.9 Å². The van der Waals surface area contributed by atoms with Gasteiger partial charge in [-0.25, -0.2) is 28.3 Å². The molecule has 4 aromatic carbocycles. The van der Waals surface area contributed by atoms with Gasteiger partial charge in [0.1, 0.15) is 34.2 Å². The first-order valence-electron chi connectivity index (χ1n) is 12.9. The number of nitrogens with zero attached hydrogens (tertiary/aromatic N) is 2. The van der Waals surface area contributed by atoms with Crippen LogP contribution in [0.5, 0.6) is 11.5 Å². The number of benzene rings is 4. The van der Waals surface area contributed by atoms with E-state index in [-0.39, 0.29) is 11.5 Å². The Bertz CT molecular complexity index is 1930. The Morgan fingerprint density at radius 1 is 0.636 bits per heavy atom. The second kappa shape index (κ2) is 13.8. The van der Waals surface area contributed by atoms with Gasteiger partial charge in [-0.05, 0) is 60.7 Å². The van der Waals surface area contributed by atoms with Crippen molar-refractivity contribution in [1.29, 1.82) is 0 Å². The second-order valence-electron chi connectivity index (χ2n) is 8.80. The number of rotatable bonds is 6. The van der Waals surface area contributed by atoms with Gasteiger partial charge in [-0.2, -0.15) is 0 Å². The van der Waals surface area contributed by atoms with Crippen molar-refractivity contribution in [2.45, 2.75) is 0 Å². The average Bonchev–Trinajstić information content (AvgIpc) is 3.62. The van der Waals surface area contributed by atoms with E-state index in [1.165, 1.54) is 59.1 Å². The van der Waals surface area contributed by atoms with Gasteiger partial charge in [-0.15, -0.1) is 0 Å². The smallest absolute Gasteiger partial charge is 0.325 e. The Morgan fingerprint density at radius 2 is 1.16 bits per heavy atom. The molecule has 2 aromatic heterocycles. The number of ether oxygens (including phenoxy) is 2. The molecule has 6 rings (SSSR count). The van der Waals surface area contributed by atoms with Gasteiger partial charge < -0.3 is 20.1 Å². The molecule has 14 heteroatoms. The summed E-state index contributed by atoms with van der Waals surface area (Å²) in [5.41, 5.74) is 1.99. The summed E-state index contributed by atoms with van der Waals surface area (Å²) in [5, 5.41) is 11.2. The molecule has 0 spiro atoms. The van der Waals surface area contributed by atoms with E-state index in [1.807, 2.05) is 30.3 Å². The molecule has 0 saturated carbocycles. The van der Waals surface area contributed by atoms with Crippen LogP contribution in [0.4, 0.5) is 40.0 Å². The van der Waals surface area contributed by atoms with Gasteiger partial charge in [-0.1, -0.05) is 46.9 Å². The van der Waals surface area contributed by atoms with Crippen molar-refractivity contribution in [3.05, 3.63) is 96.6 Å². The molecule has 6 aromatic rings. The van der Waals surface area contributed by atoms with Crippen molar-refractivity contribution in [2.75, 3.05) is 35.5 Å². The Hall–Kier alpha value is -5.34. The van der Waals surface area contributed by atoms with Crippen LogP contribution < -0.4 is 30.7 Å². The third-order valence-corrected chi connectivity index (χ3v) is 7.74. The van der Waals surface area contributed by atoms with Gasteiger partial charge in [0.05, 0.1) is 29.3 Å². The Labute approximate surface area is 257 Å². The van der Waals surface area contributed by atoms with Gasteiger partial charge in [0.2, 0.25) is 0 Å². The Morgan fingerprint density at radius 3 is 1.68 bits per heavy atom. The van der Waals surface area contributed by atoms with E-state index in [9.17, 15) is 18.4 Å². The van der Waals surface area contributed by atoms with Crippen LogP contribution in [-0.2, 0) is 0 Å². The number of fused-ring (bicyclic) bond motifs is 2. The predicted octanol–water partition coefficient (Wildman–Crippen LogP) is 8.18. The number of para-hydroxylation sites is 3. The normalized spacial score (nSPS) is 10.5. The average molecular weight is 635 g/mol. The van der Waals surface area contributed by atoms with E-state index in [4.69, 9.17) is 9.47 Å². The topological polar surface area (TPSA) is 127 Å². The highest BCUT2D eigenvalue weighted by atomic mass is 32.1. The molecule has 0 atom stereocenters. The minimum atomic E-state index is -0.553.